The topological polar surface area (TPSA) is 84.3 Å². The number of carbonyl (C=O) groups is 2. The fraction of sp³-hybridized carbons (Fsp3) is 0.568. The van der Waals surface area contributed by atoms with Crippen molar-refractivity contribution < 1.29 is 19.8 Å². The maximum atomic E-state index is 14.2. The second-order valence-electron chi connectivity index (χ2n) is 13.3. The van der Waals surface area contributed by atoms with Crippen molar-refractivity contribution in [2.45, 2.75) is 83.7 Å². The Hall–Kier alpha value is -3.32. The average Bonchev–Trinajstić information content (AvgIpc) is 3.85. The summed E-state index contributed by atoms with van der Waals surface area (Å²) >= 11 is 0. The van der Waals surface area contributed by atoms with Crippen LogP contribution in [0.25, 0.3) is 0 Å². The molecule has 44 heavy (non-hydrogen) atoms. The van der Waals surface area contributed by atoms with Crippen molar-refractivity contribution in [3.05, 3.63) is 77.1 Å². The Labute approximate surface area is 263 Å². The molecule has 2 amide bonds. The number of aliphatic hydroxyl groups excluding tert-OH is 1. The Morgan fingerprint density at radius 2 is 1.77 bits per heavy atom. The van der Waals surface area contributed by atoms with Crippen LogP contribution in [0.4, 0.5) is 0 Å². The first-order chi connectivity index (χ1) is 21.2. The number of hydrogen-bond donors (Lipinski definition) is 2. The maximum absolute atomic E-state index is 14.2. The quantitative estimate of drug-likeness (QED) is 0.275. The van der Waals surface area contributed by atoms with Crippen molar-refractivity contribution in [3.8, 4) is 5.75 Å². The lowest BCUT2D eigenvalue weighted by molar-refractivity contribution is -0.0192. The van der Waals surface area contributed by atoms with Gasteiger partial charge >= 0.3 is 0 Å². The van der Waals surface area contributed by atoms with Gasteiger partial charge in [0.25, 0.3) is 11.8 Å². The van der Waals surface area contributed by atoms with Gasteiger partial charge in [0.05, 0.1) is 6.26 Å². The van der Waals surface area contributed by atoms with Gasteiger partial charge in [-0.1, -0.05) is 32.4 Å². The highest BCUT2D eigenvalue weighted by atomic mass is 16.3. The summed E-state index contributed by atoms with van der Waals surface area (Å²) in [4.78, 5) is 33.7. The van der Waals surface area contributed by atoms with Crippen LogP contribution in [0.2, 0.25) is 0 Å². The molecule has 1 heterocycles. The van der Waals surface area contributed by atoms with Gasteiger partial charge in [0.1, 0.15) is 5.75 Å². The number of aliphatic hydroxyl groups is 1. The minimum atomic E-state index is -0.370. The SMILES string of the molecule is CCCC(C(C=CO)C12CCN(CC3CC3)C(Cc3ccc(O)cc31)C2C)N(C)C(=O)c1cccc(C(=O)N(CC)CC)c1. The number of carbonyl (C=O) groups excluding carboxylic acids is 2. The lowest BCUT2D eigenvalue weighted by Crippen LogP contribution is -2.64. The van der Waals surface area contributed by atoms with Gasteiger partial charge in [-0.3, -0.25) is 14.5 Å². The van der Waals surface area contributed by atoms with Crippen LogP contribution in [-0.4, -0.2) is 82.0 Å². The number of phenols is 1. The summed E-state index contributed by atoms with van der Waals surface area (Å²) in [6.07, 6.45) is 9.17. The van der Waals surface area contributed by atoms with Gasteiger partial charge in [-0.05, 0) is 112 Å². The molecular formula is C37H51N3O4. The summed E-state index contributed by atoms with van der Waals surface area (Å²) in [7, 11) is 1.87. The number of phenolic OH excluding ortho intramolecular Hbond substituents is 1. The average molecular weight is 602 g/mol. The molecule has 2 aromatic carbocycles. The number of piperidine rings is 1. The van der Waals surface area contributed by atoms with Gasteiger partial charge in [0, 0.05) is 61.2 Å². The molecule has 2 N–H and O–H groups in total. The number of amides is 2. The van der Waals surface area contributed by atoms with E-state index in [1.165, 1.54) is 24.7 Å². The lowest BCUT2D eigenvalue weighted by Gasteiger charge is -2.60. The highest BCUT2D eigenvalue weighted by molar-refractivity contribution is 5.99. The zero-order valence-corrected chi connectivity index (χ0v) is 27.2. The monoisotopic (exact) mass is 601 g/mol. The smallest absolute Gasteiger partial charge is 0.253 e. The third kappa shape index (κ3) is 5.88. The minimum Gasteiger partial charge on any atom is -0.516 e. The molecule has 2 bridgehead atoms. The molecule has 238 valence electrons. The highest BCUT2D eigenvalue weighted by Gasteiger charge is 2.57. The number of rotatable bonds is 12. The summed E-state index contributed by atoms with van der Waals surface area (Å²) in [5.41, 5.74) is 3.05. The van der Waals surface area contributed by atoms with Crippen LogP contribution in [0.15, 0.2) is 54.8 Å². The van der Waals surface area contributed by atoms with Gasteiger partial charge in [-0.25, -0.2) is 0 Å². The summed E-state index contributed by atoms with van der Waals surface area (Å²) < 4.78 is 0. The van der Waals surface area contributed by atoms with E-state index in [9.17, 15) is 19.8 Å². The fourth-order valence-electron chi connectivity index (χ4n) is 8.46. The van der Waals surface area contributed by atoms with Crippen molar-refractivity contribution in [2.75, 3.05) is 33.2 Å². The van der Waals surface area contributed by atoms with E-state index in [1.807, 2.05) is 37.9 Å². The Morgan fingerprint density at radius 1 is 1.07 bits per heavy atom. The lowest BCUT2D eigenvalue weighted by atomic mass is 9.51. The second-order valence-corrected chi connectivity index (χ2v) is 13.3. The highest BCUT2D eigenvalue weighted by Crippen LogP contribution is 2.56. The maximum Gasteiger partial charge on any atom is 0.253 e. The first-order valence-corrected chi connectivity index (χ1v) is 16.7. The predicted octanol–water partition coefficient (Wildman–Crippen LogP) is 6.42. The molecule has 3 aliphatic rings. The number of hydrogen-bond acceptors (Lipinski definition) is 5. The second kappa shape index (κ2) is 13.4. The first-order valence-electron chi connectivity index (χ1n) is 16.7. The minimum absolute atomic E-state index is 0.0752. The van der Waals surface area contributed by atoms with E-state index in [-0.39, 0.29) is 40.9 Å². The summed E-state index contributed by atoms with van der Waals surface area (Å²) in [6.45, 7) is 11.7. The van der Waals surface area contributed by atoms with Gasteiger partial charge in [-0.15, -0.1) is 0 Å². The molecule has 0 spiro atoms. The fourth-order valence-corrected chi connectivity index (χ4v) is 8.46. The zero-order valence-electron chi connectivity index (χ0n) is 27.2. The molecule has 2 aromatic rings. The van der Waals surface area contributed by atoms with Crippen LogP contribution >= 0.6 is 0 Å². The number of fused-ring (bicyclic) bond motifs is 4. The van der Waals surface area contributed by atoms with Gasteiger partial charge < -0.3 is 20.0 Å². The van der Waals surface area contributed by atoms with Gasteiger partial charge in [0.2, 0.25) is 0 Å². The van der Waals surface area contributed by atoms with Crippen molar-refractivity contribution >= 4 is 11.8 Å². The molecule has 7 heteroatoms. The zero-order chi connectivity index (χ0) is 31.6. The Morgan fingerprint density at radius 3 is 2.41 bits per heavy atom. The molecule has 0 radical (unpaired) electrons. The Bertz CT molecular complexity index is 1370. The van der Waals surface area contributed by atoms with Crippen molar-refractivity contribution in [3.63, 3.8) is 0 Å². The van der Waals surface area contributed by atoms with Crippen LogP contribution in [0.5, 0.6) is 5.75 Å². The van der Waals surface area contributed by atoms with E-state index in [0.29, 0.717) is 30.3 Å². The third-order valence-electron chi connectivity index (χ3n) is 11.0. The van der Waals surface area contributed by atoms with Crippen LogP contribution in [0, 0.1) is 17.8 Å². The molecule has 0 aromatic heterocycles. The predicted molar refractivity (Wildman–Crippen MR) is 175 cm³/mol. The number of likely N-dealkylation sites (tertiary alicyclic amines) is 1. The largest absolute Gasteiger partial charge is 0.516 e. The third-order valence-corrected chi connectivity index (χ3v) is 11.0. The summed E-state index contributed by atoms with van der Waals surface area (Å²) in [5.74, 6) is 0.922. The van der Waals surface area contributed by atoms with Crippen molar-refractivity contribution in [2.24, 2.45) is 17.8 Å². The molecule has 7 nitrogen and oxygen atoms in total. The molecule has 1 saturated heterocycles. The van der Waals surface area contributed by atoms with E-state index in [0.717, 1.165) is 50.3 Å². The van der Waals surface area contributed by atoms with Crippen LogP contribution in [-0.2, 0) is 11.8 Å². The van der Waals surface area contributed by atoms with Gasteiger partial charge in [-0.2, -0.15) is 0 Å². The number of nitrogens with zero attached hydrogens (tertiary/aromatic N) is 3. The summed E-state index contributed by atoms with van der Waals surface area (Å²) in [6, 6.07) is 13.1. The molecule has 2 fully saturated rings. The van der Waals surface area contributed by atoms with Crippen LogP contribution < -0.4 is 0 Å². The van der Waals surface area contributed by atoms with E-state index >= 15 is 0 Å². The van der Waals surface area contributed by atoms with E-state index in [1.54, 1.807) is 35.2 Å². The number of benzene rings is 2. The van der Waals surface area contributed by atoms with E-state index in [4.69, 9.17) is 0 Å². The number of aromatic hydroxyl groups is 1. The van der Waals surface area contributed by atoms with Crippen LogP contribution in [0.3, 0.4) is 0 Å². The molecule has 1 saturated carbocycles. The first kappa shape index (κ1) is 32.1. The van der Waals surface area contributed by atoms with Crippen LogP contribution in [0.1, 0.15) is 91.6 Å². The molecule has 1 aliphatic heterocycles. The summed E-state index contributed by atoms with van der Waals surface area (Å²) in [5, 5.41) is 21.1. The van der Waals surface area contributed by atoms with Crippen molar-refractivity contribution in [1.29, 1.82) is 0 Å². The van der Waals surface area contributed by atoms with E-state index in [2.05, 4.69) is 24.8 Å². The molecular weight excluding hydrogens is 550 g/mol. The molecule has 2 aliphatic carbocycles. The van der Waals surface area contributed by atoms with Gasteiger partial charge in [0.15, 0.2) is 0 Å². The molecule has 5 unspecified atom stereocenters. The Balaban J connectivity index is 1.55. The Kier molecular flexibility index (Phi) is 9.74. The van der Waals surface area contributed by atoms with Crippen molar-refractivity contribution in [1.82, 2.24) is 14.7 Å². The standard InChI is InChI=1S/C37H51N3O4/c1-6-10-33(38(5)35(43)28-11-9-12-29(21-28)36(44)39(7-2)8-3)31(17-20-41)37-18-19-40(24-26-13-14-26)34(25(37)4)22-27-15-16-30(42)23-32(27)37/h9,11-12,15-17,20-21,23,25-26,31,33-34,41-42H,6-8,10,13-14,18-19,22,24H2,1-5H3. The molecule has 5 rings (SSSR count). The molecule has 5 atom stereocenters. The van der Waals surface area contributed by atoms with E-state index < -0.39 is 0 Å². The normalized spacial score (nSPS) is 24.5.